The van der Waals surface area contributed by atoms with Crippen molar-refractivity contribution in [3.63, 3.8) is 0 Å². The number of nitrogens with zero attached hydrogens (tertiary/aromatic N) is 1. The Morgan fingerprint density at radius 3 is 2.47 bits per heavy atom. The summed E-state index contributed by atoms with van der Waals surface area (Å²) in [4.78, 5) is 2.32. The van der Waals surface area contributed by atoms with E-state index in [0.717, 1.165) is 25.8 Å². The summed E-state index contributed by atoms with van der Waals surface area (Å²) in [5.74, 6) is 0.302. The van der Waals surface area contributed by atoms with Gasteiger partial charge < -0.3 is 10.5 Å². The van der Waals surface area contributed by atoms with Gasteiger partial charge in [-0.15, -0.1) is 0 Å². The van der Waals surface area contributed by atoms with Crippen LogP contribution in [0.25, 0.3) is 0 Å². The highest BCUT2D eigenvalue weighted by Crippen LogP contribution is 2.35. The van der Waals surface area contributed by atoms with Gasteiger partial charge >= 0.3 is 0 Å². The van der Waals surface area contributed by atoms with Gasteiger partial charge in [-0.2, -0.15) is 0 Å². The van der Waals surface area contributed by atoms with Gasteiger partial charge in [0.1, 0.15) is 6.61 Å². The maximum absolute atomic E-state index is 5.45. The summed E-state index contributed by atoms with van der Waals surface area (Å²) in [5, 5.41) is 0. The van der Waals surface area contributed by atoms with E-state index in [1.807, 2.05) is 13.8 Å². The monoisotopic (exact) mass is 240 g/mol. The molecule has 0 aliphatic carbocycles. The minimum atomic E-state index is 0.0775. The smallest absolute Gasteiger partial charge is 0.176 e. The van der Waals surface area contributed by atoms with Crippen molar-refractivity contribution in [3.8, 4) is 0 Å². The summed E-state index contributed by atoms with van der Waals surface area (Å²) in [6, 6.07) is 0. The first-order chi connectivity index (χ1) is 8.00. The predicted octanol–water partition coefficient (Wildman–Crippen LogP) is 2.89. The van der Waals surface area contributed by atoms with Crippen molar-refractivity contribution in [2.24, 2.45) is 5.73 Å². The zero-order valence-electron chi connectivity index (χ0n) is 11.9. The molecule has 3 heteroatoms. The number of nitrogens with two attached hydrogens (primary N) is 1. The van der Waals surface area contributed by atoms with Gasteiger partial charge in [-0.3, -0.25) is 4.90 Å². The van der Waals surface area contributed by atoms with Crippen molar-refractivity contribution in [1.29, 1.82) is 0 Å². The zero-order valence-corrected chi connectivity index (χ0v) is 11.9. The molecule has 0 aromatic heterocycles. The molecule has 0 saturated carbocycles. The minimum Gasteiger partial charge on any atom is -0.478 e. The second kappa shape index (κ2) is 7.38. The third-order valence-corrected chi connectivity index (χ3v) is 3.09. The molecule has 2 N–H and O–H groups in total. The Morgan fingerprint density at radius 1 is 1.53 bits per heavy atom. The van der Waals surface area contributed by atoms with Crippen LogP contribution in [0.3, 0.4) is 0 Å². The van der Waals surface area contributed by atoms with E-state index < -0.39 is 0 Å². The van der Waals surface area contributed by atoms with E-state index in [1.54, 1.807) is 0 Å². The summed E-state index contributed by atoms with van der Waals surface area (Å²) in [6.45, 7) is 15.4. The molecule has 1 aliphatic heterocycles. The molecule has 1 aliphatic rings. The summed E-state index contributed by atoms with van der Waals surface area (Å²) in [5.41, 5.74) is 6.80. The molecular formula is C14H28N2O. The topological polar surface area (TPSA) is 38.5 Å². The van der Waals surface area contributed by atoms with Gasteiger partial charge in [-0.1, -0.05) is 39.3 Å². The first-order valence-electron chi connectivity index (χ1n) is 6.45. The van der Waals surface area contributed by atoms with Gasteiger partial charge in [0.2, 0.25) is 0 Å². The highest BCUT2D eigenvalue weighted by Gasteiger charge is 2.40. The molecule has 100 valence electrons. The Hall–Kier alpha value is -0.960. The highest BCUT2D eigenvalue weighted by molar-refractivity contribution is 5.14. The van der Waals surface area contributed by atoms with Crippen molar-refractivity contribution in [2.45, 2.75) is 45.6 Å². The van der Waals surface area contributed by atoms with Crippen LogP contribution < -0.4 is 5.73 Å². The lowest BCUT2D eigenvalue weighted by atomic mass is 9.91. The van der Waals surface area contributed by atoms with Gasteiger partial charge in [0.15, 0.2) is 5.88 Å². The Kier molecular flexibility index (Phi) is 6.97. The second-order valence-corrected chi connectivity index (χ2v) is 4.51. The molecule has 0 aromatic rings. The summed E-state index contributed by atoms with van der Waals surface area (Å²) >= 11 is 0. The van der Waals surface area contributed by atoms with E-state index >= 15 is 0 Å². The molecule has 0 aromatic carbocycles. The Bertz CT molecular complexity index is 263. The molecule has 1 unspecified atom stereocenters. The van der Waals surface area contributed by atoms with Gasteiger partial charge in [-0.25, -0.2) is 0 Å². The SMILES string of the molecule is C=C1CN(C)C(CCC)(COC(=C)N)C1.CC. The van der Waals surface area contributed by atoms with Gasteiger partial charge in [-0.05, 0) is 26.5 Å². The molecule has 0 amide bonds. The average molecular weight is 240 g/mol. The van der Waals surface area contributed by atoms with Gasteiger partial charge in [0.25, 0.3) is 0 Å². The quantitative estimate of drug-likeness (QED) is 0.593. The van der Waals surface area contributed by atoms with Crippen LogP contribution in [0.15, 0.2) is 24.6 Å². The Morgan fingerprint density at radius 2 is 2.12 bits per heavy atom. The van der Waals surface area contributed by atoms with E-state index in [0.29, 0.717) is 12.5 Å². The van der Waals surface area contributed by atoms with Crippen molar-refractivity contribution in [1.82, 2.24) is 4.90 Å². The second-order valence-electron chi connectivity index (χ2n) is 4.51. The number of hydrogen-bond donors (Lipinski definition) is 1. The fourth-order valence-electron chi connectivity index (χ4n) is 2.36. The maximum atomic E-state index is 5.45. The highest BCUT2D eigenvalue weighted by atomic mass is 16.5. The molecule has 0 bridgehead atoms. The van der Waals surface area contributed by atoms with Crippen LogP contribution in [0.1, 0.15) is 40.0 Å². The average Bonchev–Trinajstić information content (AvgIpc) is 2.55. The summed E-state index contributed by atoms with van der Waals surface area (Å²) < 4.78 is 5.40. The van der Waals surface area contributed by atoms with Crippen LogP contribution in [0.4, 0.5) is 0 Å². The van der Waals surface area contributed by atoms with Crippen molar-refractivity contribution in [3.05, 3.63) is 24.6 Å². The van der Waals surface area contributed by atoms with Crippen LogP contribution in [-0.2, 0) is 4.74 Å². The number of likely N-dealkylation sites (tertiary alicyclic amines) is 1. The van der Waals surface area contributed by atoms with Crippen LogP contribution >= 0.6 is 0 Å². The molecule has 3 nitrogen and oxygen atoms in total. The predicted molar refractivity (Wildman–Crippen MR) is 74.7 cm³/mol. The number of likely N-dealkylation sites (N-methyl/N-ethyl adjacent to an activating group) is 1. The largest absolute Gasteiger partial charge is 0.478 e. The van der Waals surface area contributed by atoms with Crippen LogP contribution in [-0.4, -0.2) is 30.6 Å². The number of rotatable bonds is 5. The van der Waals surface area contributed by atoms with E-state index in [9.17, 15) is 0 Å². The molecule has 1 atom stereocenters. The maximum Gasteiger partial charge on any atom is 0.176 e. The van der Waals surface area contributed by atoms with Gasteiger partial charge in [0, 0.05) is 6.54 Å². The fourth-order valence-corrected chi connectivity index (χ4v) is 2.36. The molecule has 0 spiro atoms. The van der Waals surface area contributed by atoms with E-state index in [-0.39, 0.29) is 5.54 Å². The Balaban J connectivity index is 0.00000121. The van der Waals surface area contributed by atoms with Crippen molar-refractivity contribution in [2.75, 3.05) is 20.2 Å². The van der Waals surface area contributed by atoms with Crippen molar-refractivity contribution < 1.29 is 4.74 Å². The summed E-state index contributed by atoms with van der Waals surface area (Å²) in [6.07, 6.45) is 3.25. The Labute approximate surface area is 106 Å². The molecule has 1 rings (SSSR count). The third-order valence-electron chi connectivity index (χ3n) is 3.09. The molecule has 0 radical (unpaired) electrons. The molecular weight excluding hydrogens is 212 g/mol. The van der Waals surface area contributed by atoms with E-state index in [2.05, 4.69) is 32.0 Å². The van der Waals surface area contributed by atoms with E-state index in [1.165, 1.54) is 5.57 Å². The molecule has 1 heterocycles. The van der Waals surface area contributed by atoms with Crippen LogP contribution in [0.5, 0.6) is 0 Å². The zero-order chi connectivity index (χ0) is 13.5. The third kappa shape index (κ3) is 4.43. The minimum absolute atomic E-state index is 0.0775. The first-order valence-corrected chi connectivity index (χ1v) is 6.45. The fraction of sp³-hybridized carbons (Fsp3) is 0.714. The van der Waals surface area contributed by atoms with Crippen LogP contribution in [0, 0.1) is 0 Å². The van der Waals surface area contributed by atoms with Gasteiger partial charge in [0.05, 0.1) is 5.54 Å². The number of hydrogen-bond acceptors (Lipinski definition) is 3. The molecule has 17 heavy (non-hydrogen) atoms. The lowest BCUT2D eigenvalue weighted by molar-refractivity contribution is 0.0525. The normalized spacial score (nSPS) is 24.1. The lowest BCUT2D eigenvalue weighted by Crippen LogP contribution is -2.45. The number of ether oxygens (including phenoxy) is 1. The standard InChI is InChI=1S/C12H22N2O.C2H6/c1-5-6-12(9-15-11(3)13)7-10(2)8-14(12)4;1-2/h2-3,5-9,13H2,1,4H3;1-2H3. The van der Waals surface area contributed by atoms with Crippen molar-refractivity contribution >= 4 is 0 Å². The molecule has 1 fully saturated rings. The van der Waals surface area contributed by atoms with E-state index in [4.69, 9.17) is 10.5 Å². The first kappa shape index (κ1) is 16.0. The summed E-state index contributed by atoms with van der Waals surface area (Å²) in [7, 11) is 2.12. The lowest BCUT2D eigenvalue weighted by Gasteiger charge is -2.35. The van der Waals surface area contributed by atoms with Crippen LogP contribution in [0.2, 0.25) is 0 Å². The molecule has 1 saturated heterocycles.